The molecule has 2 heterocycles. The second kappa shape index (κ2) is 6.57. The van der Waals surface area contributed by atoms with Crippen molar-refractivity contribution in [3.63, 3.8) is 0 Å². The van der Waals surface area contributed by atoms with E-state index in [2.05, 4.69) is 4.40 Å². The standard InChI is InChI=1S/C18H23N3O4S/c19-17-16-14(11-26(23,24)20-17)4-1-5-15(16)25-10-12-3-2-8-21(9-12)18(22)13-6-7-13/h1,4-5,12-13H,2-3,6-11H2,(H2,19,20)/t12-/m0/s1. The molecule has 2 aliphatic heterocycles. The topological polar surface area (TPSA) is 102 Å². The van der Waals surface area contributed by atoms with Crippen LogP contribution < -0.4 is 10.5 Å². The first-order valence-corrected chi connectivity index (χ1v) is 10.7. The lowest BCUT2D eigenvalue weighted by molar-refractivity contribution is -0.134. The number of sulfonamides is 1. The molecule has 0 bridgehead atoms. The lowest BCUT2D eigenvalue weighted by Crippen LogP contribution is -2.42. The van der Waals surface area contributed by atoms with Gasteiger partial charge >= 0.3 is 0 Å². The second-order valence-corrected chi connectivity index (χ2v) is 9.01. The number of nitrogens with two attached hydrogens (primary N) is 1. The van der Waals surface area contributed by atoms with Gasteiger partial charge in [0.1, 0.15) is 11.6 Å². The quantitative estimate of drug-likeness (QED) is 0.851. The average molecular weight is 377 g/mol. The van der Waals surface area contributed by atoms with E-state index in [1.165, 1.54) is 0 Å². The minimum Gasteiger partial charge on any atom is -0.492 e. The Morgan fingerprint density at radius 1 is 1.31 bits per heavy atom. The van der Waals surface area contributed by atoms with E-state index in [1.54, 1.807) is 18.2 Å². The fourth-order valence-electron chi connectivity index (χ4n) is 3.73. The van der Waals surface area contributed by atoms with Crippen molar-refractivity contribution in [3.8, 4) is 5.75 Å². The van der Waals surface area contributed by atoms with Crippen LogP contribution in [0.15, 0.2) is 22.6 Å². The predicted molar refractivity (Wildman–Crippen MR) is 97.3 cm³/mol. The highest BCUT2D eigenvalue weighted by Gasteiger charge is 2.35. The number of nitrogens with zero attached hydrogens (tertiary/aromatic N) is 2. The van der Waals surface area contributed by atoms with Gasteiger partial charge in [0.05, 0.1) is 17.9 Å². The number of amidine groups is 1. The highest BCUT2D eigenvalue weighted by Crippen LogP contribution is 2.33. The fraction of sp³-hybridized carbons (Fsp3) is 0.556. The Balaban J connectivity index is 1.45. The molecule has 1 aromatic carbocycles. The first kappa shape index (κ1) is 17.3. The van der Waals surface area contributed by atoms with Crippen molar-refractivity contribution in [2.45, 2.75) is 31.4 Å². The van der Waals surface area contributed by atoms with E-state index in [-0.39, 0.29) is 29.3 Å². The van der Waals surface area contributed by atoms with Gasteiger partial charge in [-0.1, -0.05) is 12.1 Å². The van der Waals surface area contributed by atoms with Gasteiger partial charge in [-0.3, -0.25) is 4.79 Å². The molecule has 1 amide bonds. The summed E-state index contributed by atoms with van der Waals surface area (Å²) in [5, 5.41) is 0. The van der Waals surface area contributed by atoms with E-state index >= 15 is 0 Å². The fourth-order valence-corrected chi connectivity index (χ4v) is 4.82. The maximum Gasteiger partial charge on any atom is 0.259 e. The third-order valence-corrected chi connectivity index (χ3v) is 6.33. The van der Waals surface area contributed by atoms with E-state index in [4.69, 9.17) is 10.5 Å². The molecule has 7 nitrogen and oxygen atoms in total. The molecule has 0 radical (unpaired) electrons. The summed E-state index contributed by atoms with van der Waals surface area (Å²) >= 11 is 0. The predicted octanol–water partition coefficient (Wildman–Crippen LogP) is 1.26. The summed E-state index contributed by atoms with van der Waals surface area (Å²) in [6.45, 7) is 2.04. The first-order valence-electron chi connectivity index (χ1n) is 9.05. The number of carbonyl (C=O) groups excluding carboxylic acids is 1. The molecule has 4 rings (SSSR count). The van der Waals surface area contributed by atoms with E-state index in [0.29, 0.717) is 23.5 Å². The van der Waals surface area contributed by atoms with Gasteiger partial charge in [0.25, 0.3) is 10.0 Å². The van der Waals surface area contributed by atoms with Crippen LogP contribution in [0.4, 0.5) is 0 Å². The molecule has 26 heavy (non-hydrogen) atoms. The van der Waals surface area contributed by atoms with E-state index < -0.39 is 10.0 Å². The Morgan fingerprint density at radius 2 is 2.12 bits per heavy atom. The Labute approximate surface area is 153 Å². The molecule has 1 saturated heterocycles. The number of benzene rings is 1. The molecule has 1 aliphatic carbocycles. The Bertz CT molecular complexity index is 861. The van der Waals surface area contributed by atoms with Crippen LogP contribution in [0.5, 0.6) is 5.75 Å². The van der Waals surface area contributed by atoms with Gasteiger partial charge in [-0.25, -0.2) is 8.42 Å². The van der Waals surface area contributed by atoms with Crippen LogP contribution in [0.25, 0.3) is 0 Å². The van der Waals surface area contributed by atoms with Crippen LogP contribution in [0.2, 0.25) is 0 Å². The van der Waals surface area contributed by atoms with Crippen LogP contribution in [-0.2, 0) is 20.6 Å². The van der Waals surface area contributed by atoms with Crippen molar-refractivity contribution in [2.24, 2.45) is 22.0 Å². The highest BCUT2D eigenvalue weighted by atomic mass is 32.2. The van der Waals surface area contributed by atoms with Gasteiger partial charge < -0.3 is 15.4 Å². The van der Waals surface area contributed by atoms with Gasteiger partial charge in [-0.2, -0.15) is 0 Å². The Hall–Kier alpha value is -2.09. The van der Waals surface area contributed by atoms with Crippen LogP contribution in [0.3, 0.4) is 0 Å². The van der Waals surface area contributed by atoms with Crippen molar-refractivity contribution in [1.29, 1.82) is 0 Å². The number of piperidine rings is 1. The SMILES string of the molecule is NC1=NS(=O)(=O)Cc2cccc(OC[C@H]3CCCN(C(=O)C4CC4)C3)c21. The number of rotatable bonds is 4. The molecule has 1 aromatic rings. The molecule has 2 N–H and O–H groups in total. The van der Waals surface area contributed by atoms with Crippen molar-refractivity contribution < 1.29 is 17.9 Å². The monoisotopic (exact) mass is 377 g/mol. The number of hydrogen-bond donors (Lipinski definition) is 1. The van der Waals surface area contributed by atoms with Crippen molar-refractivity contribution >= 4 is 21.8 Å². The molecule has 1 atom stereocenters. The van der Waals surface area contributed by atoms with Gasteiger partial charge in [-0.05, 0) is 37.3 Å². The Kier molecular flexibility index (Phi) is 4.38. The van der Waals surface area contributed by atoms with E-state index in [1.807, 2.05) is 4.90 Å². The molecular formula is C18H23N3O4S. The zero-order chi connectivity index (χ0) is 18.3. The number of fused-ring (bicyclic) bond motifs is 1. The Morgan fingerprint density at radius 3 is 2.88 bits per heavy atom. The van der Waals surface area contributed by atoms with Gasteiger partial charge in [0.2, 0.25) is 5.91 Å². The maximum absolute atomic E-state index is 12.3. The van der Waals surface area contributed by atoms with Crippen molar-refractivity contribution in [3.05, 3.63) is 29.3 Å². The molecule has 8 heteroatoms. The molecule has 140 valence electrons. The summed E-state index contributed by atoms with van der Waals surface area (Å²) in [6.07, 6.45) is 4.05. The second-order valence-electron chi connectivity index (χ2n) is 7.37. The zero-order valence-electron chi connectivity index (χ0n) is 14.6. The molecule has 0 unspecified atom stereocenters. The minimum absolute atomic E-state index is 0.0176. The normalized spacial score (nSPS) is 24.5. The zero-order valence-corrected chi connectivity index (χ0v) is 15.4. The van der Waals surface area contributed by atoms with Crippen LogP contribution in [0, 0.1) is 11.8 Å². The maximum atomic E-state index is 12.3. The lowest BCUT2D eigenvalue weighted by Gasteiger charge is -2.33. The number of amides is 1. The largest absolute Gasteiger partial charge is 0.492 e. The van der Waals surface area contributed by atoms with E-state index in [9.17, 15) is 13.2 Å². The lowest BCUT2D eigenvalue weighted by atomic mass is 9.98. The summed E-state index contributed by atoms with van der Waals surface area (Å²) in [7, 11) is -3.55. The highest BCUT2D eigenvalue weighted by molar-refractivity contribution is 7.89. The average Bonchev–Trinajstić information content (AvgIpc) is 3.43. The smallest absolute Gasteiger partial charge is 0.259 e. The van der Waals surface area contributed by atoms with Gasteiger partial charge in [0, 0.05) is 24.9 Å². The summed E-state index contributed by atoms with van der Waals surface area (Å²) in [5.74, 6) is 1.18. The first-order chi connectivity index (χ1) is 12.4. The number of carbonyl (C=O) groups is 1. The molecule has 3 aliphatic rings. The molecule has 2 fully saturated rings. The summed E-state index contributed by atoms with van der Waals surface area (Å²) in [4.78, 5) is 14.2. The van der Waals surface area contributed by atoms with E-state index in [0.717, 1.165) is 38.8 Å². The van der Waals surface area contributed by atoms with Gasteiger partial charge in [0.15, 0.2) is 0 Å². The number of hydrogen-bond acceptors (Lipinski definition) is 5. The number of ether oxygens (including phenoxy) is 1. The number of likely N-dealkylation sites (tertiary alicyclic amines) is 1. The molecular weight excluding hydrogens is 354 g/mol. The minimum atomic E-state index is -3.55. The van der Waals surface area contributed by atoms with Crippen LogP contribution in [0.1, 0.15) is 36.8 Å². The third kappa shape index (κ3) is 3.56. The molecule has 0 spiro atoms. The van der Waals surface area contributed by atoms with Crippen LogP contribution >= 0.6 is 0 Å². The van der Waals surface area contributed by atoms with Crippen molar-refractivity contribution in [1.82, 2.24) is 4.90 Å². The van der Waals surface area contributed by atoms with Gasteiger partial charge in [-0.15, -0.1) is 4.40 Å². The summed E-state index contributed by atoms with van der Waals surface area (Å²) in [6, 6.07) is 5.29. The van der Waals surface area contributed by atoms with Crippen molar-refractivity contribution in [2.75, 3.05) is 19.7 Å². The molecule has 1 saturated carbocycles. The van der Waals surface area contributed by atoms with Crippen LogP contribution in [-0.4, -0.2) is 44.8 Å². The summed E-state index contributed by atoms with van der Waals surface area (Å²) < 4.78 is 33.1. The third-order valence-electron chi connectivity index (χ3n) is 5.18. The molecule has 0 aromatic heterocycles. The summed E-state index contributed by atoms with van der Waals surface area (Å²) in [5.41, 5.74) is 7.06.